The normalized spacial score (nSPS) is 11.7. The van der Waals surface area contributed by atoms with Crippen molar-refractivity contribution in [2.24, 2.45) is 4.99 Å². The number of fused-ring (bicyclic) bond motifs is 1. The molecule has 0 atom stereocenters. The zero-order valence-electron chi connectivity index (χ0n) is 14.9. The molecule has 5 heteroatoms. The first-order valence-electron chi connectivity index (χ1n) is 8.70. The van der Waals surface area contributed by atoms with Gasteiger partial charge in [0.2, 0.25) is 0 Å². The van der Waals surface area contributed by atoms with Crippen LogP contribution >= 0.6 is 11.3 Å². The summed E-state index contributed by atoms with van der Waals surface area (Å²) in [6, 6.07) is 15.9. The second-order valence-electron chi connectivity index (χ2n) is 5.86. The highest BCUT2D eigenvalue weighted by atomic mass is 32.1. The number of aryl methyl sites for hydroxylation is 1. The standard InChI is InChI=1S/C21H22N2O2S/c1-3-13-23-18-11-10-16(4-2)15-19(18)26-21(23)22-20(24)12-14-25-17-8-6-5-7-9-17/h3,5-11,15H,1,4,12-14H2,2H3. The minimum absolute atomic E-state index is 0.180. The average Bonchev–Trinajstić information content (AvgIpc) is 2.99. The number of rotatable bonds is 7. The van der Waals surface area contributed by atoms with Crippen molar-refractivity contribution in [3.63, 3.8) is 0 Å². The molecule has 0 unspecified atom stereocenters. The molecule has 0 radical (unpaired) electrons. The monoisotopic (exact) mass is 366 g/mol. The molecule has 0 bridgehead atoms. The molecule has 1 amide bonds. The van der Waals surface area contributed by atoms with E-state index in [0.29, 0.717) is 18.0 Å². The summed E-state index contributed by atoms with van der Waals surface area (Å²) >= 11 is 1.54. The number of carbonyl (C=O) groups excluding carboxylic acids is 1. The Morgan fingerprint density at radius 2 is 2.08 bits per heavy atom. The Balaban J connectivity index is 1.79. The fourth-order valence-corrected chi connectivity index (χ4v) is 3.78. The number of carbonyl (C=O) groups is 1. The Hall–Kier alpha value is -2.66. The van der Waals surface area contributed by atoms with Crippen LogP contribution in [0.15, 0.2) is 66.2 Å². The third-order valence-corrected chi connectivity index (χ3v) is 5.06. The van der Waals surface area contributed by atoms with Crippen molar-refractivity contribution in [2.75, 3.05) is 6.61 Å². The van der Waals surface area contributed by atoms with E-state index in [1.807, 2.05) is 41.0 Å². The summed E-state index contributed by atoms with van der Waals surface area (Å²) in [6.45, 7) is 6.89. The maximum Gasteiger partial charge on any atom is 0.251 e. The molecule has 0 N–H and O–H groups in total. The van der Waals surface area contributed by atoms with Crippen molar-refractivity contribution >= 4 is 27.5 Å². The molecule has 0 spiro atoms. The van der Waals surface area contributed by atoms with Crippen LogP contribution in [0.4, 0.5) is 0 Å². The van der Waals surface area contributed by atoms with E-state index in [4.69, 9.17) is 4.74 Å². The number of hydrogen-bond acceptors (Lipinski definition) is 3. The van der Waals surface area contributed by atoms with Crippen LogP contribution in [-0.4, -0.2) is 17.1 Å². The number of allylic oxidation sites excluding steroid dienone is 1. The molecule has 1 aromatic heterocycles. The molecular weight excluding hydrogens is 344 g/mol. The molecule has 3 aromatic rings. The van der Waals surface area contributed by atoms with Gasteiger partial charge in [-0.25, -0.2) is 0 Å². The number of thiazole rings is 1. The third-order valence-electron chi connectivity index (χ3n) is 4.02. The molecule has 0 aliphatic rings. The van der Waals surface area contributed by atoms with Gasteiger partial charge >= 0.3 is 0 Å². The summed E-state index contributed by atoms with van der Waals surface area (Å²) in [4.78, 5) is 17.3. The summed E-state index contributed by atoms with van der Waals surface area (Å²) in [5, 5.41) is 0. The smallest absolute Gasteiger partial charge is 0.251 e. The average molecular weight is 366 g/mol. The Morgan fingerprint density at radius 3 is 2.81 bits per heavy atom. The Bertz CT molecular complexity index is 971. The first kappa shape index (κ1) is 18.1. The number of para-hydroxylation sites is 1. The van der Waals surface area contributed by atoms with Gasteiger partial charge in [-0.1, -0.05) is 48.6 Å². The van der Waals surface area contributed by atoms with Crippen LogP contribution < -0.4 is 9.54 Å². The fraction of sp³-hybridized carbons (Fsp3) is 0.238. The van der Waals surface area contributed by atoms with E-state index in [-0.39, 0.29) is 12.3 Å². The highest BCUT2D eigenvalue weighted by molar-refractivity contribution is 7.16. The van der Waals surface area contributed by atoms with E-state index in [2.05, 4.69) is 36.7 Å². The van der Waals surface area contributed by atoms with E-state index in [9.17, 15) is 4.79 Å². The number of ether oxygens (including phenoxy) is 1. The van der Waals surface area contributed by atoms with E-state index < -0.39 is 0 Å². The highest BCUT2D eigenvalue weighted by Gasteiger charge is 2.08. The molecule has 0 saturated heterocycles. The van der Waals surface area contributed by atoms with Crippen LogP contribution in [-0.2, 0) is 17.8 Å². The van der Waals surface area contributed by atoms with Gasteiger partial charge in [-0.05, 0) is 36.2 Å². The minimum Gasteiger partial charge on any atom is -0.493 e. The highest BCUT2D eigenvalue weighted by Crippen LogP contribution is 2.19. The molecule has 3 rings (SSSR count). The van der Waals surface area contributed by atoms with E-state index in [1.54, 1.807) is 0 Å². The second-order valence-corrected chi connectivity index (χ2v) is 6.87. The van der Waals surface area contributed by atoms with E-state index in [0.717, 1.165) is 22.4 Å². The molecule has 2 aromatic carbocycles. The fourth-order valence-electron chi connectivity index (χ4n) is 2.66. The molecule has 1 heterocycles. The van der Waals surface area contributed by atoms with Crippen LogP contribution in [0.1, 0.15) is 18.9 Å². The van der Waals surface area contributed by atoms with E-state index >= 15 is 0 Å². The van der Waals surface area contributed by atoms with Gasteiger partial charge < -0.3 is 9.30 Å². The van der Waals surface area contributed by atoms with Gasteiger partial charge in [-0.2, -0.15) is 4.99 Å². The summed E-state index contributed by atoms with van der Waals surface area (Å²) in [5.74, 6) is 0.581. The van der Waals surface area contributed by atoms with Gasteiger partial charge in [0.05, 0.1) is 23.2 Å². The quantitative estimate of drug-likeness (QED) is 0.584. The van der Waals surface area contributed by atoms with Crippen LogP contribution in [0, 0.1) is 0 Å². The van der Waals surface area contributed by atoms with Crippen molar-refractivity contribution in [2.45, 2.75) is 26.3 Å². The van der Waals surface area contributed by atoms with Crippen molar-refractivity contribution < 1.29 is 9.53 Å². The second kappa shape index (κ2) is 8.63. The zero-order chi connectivity index (χ0) is 18.4. The maximum atomic E-state index is 12.3. The number of aromatic nitrogens is 1. The minimum atomic E-state index is -0.180. The number of nitrogens with zero attached hydrogens (tertiary/aromatic N) is 2. The predicted molar refractivity (Wildman–Crippen MR) is 107 cm³/mol. The lowest BCUT2D eigenvalue weighted by Crippen LogP contribution is -2.17. The number of benzene rings is 2. The zero-order valence-corrected chi connectivity index (χ0v) is 15.7. The van der Waals surface area contributed by atoms with Gasteiger partial charge in [0, 0.05) is 6.54 Å². The van der Waals surface area contributed by atoms with Gasteiger partial charge in [-0.3, -0.25) is 4.79 Å². The number of amides is 1. The first-order chi connectivity index (χ1) is 12.7. The summed E-state index contributed by atoms with van der Waals surface area (Å²) in [7, 11) is 0. The van der Waals surface area contributed by atoms with E-state index in [1.165, 1.54) is 16.9 Å². The van der Waals surface area contributed by atoms with Gasteiger partial charge in [0.1, 0.15) is 5.75 Å². The lowest BCUT2D eigenvalue weighted by Gasteiger charge is -2.04. The van der Waals surface area contributed by atoms with Crippen LogP contribution in [0.2, 0.25) is 0 Å². The molecule has 0 aliphatic heterocycles. The van der Waals surface area contributed by atoms with Crippen molar-refractivity contribution in [1.82, 2.24) is 4.57 Å². The SMILES string of the molecule is C=CCn1c(=NC(=O)CCOc2ccccc2)sc2cc(CC)ccc21. The molecule has 26 heavy (non-hydrogen) atoms. The lowest BCUT2D eigenvalue weighted by atomic mass is 10.2. The lowest BCUT2D eigenvalue weighted by molar-refractivity contribution is -0.118. The topological polar surface area (TPSA) is 43.6 Å². The van der Waals surface area contributed by atoms with Crippen LogP contribution in [0.3, 0.4) is 0 Å². The van der Waals surface area contributed by atoms with Gasteiger partial charge in [0.25, 0.3) is 5.91 Å². The molecule has 0 saturated carbocycles. The molecule has 4 nitrogen and oxygen atoms in total. The Kier molecular flexibility index (Phi) is 6.02. The van der Waals surface area contributed by atoms with Crippen molar-refractivity contribution in [3.8, 4) is 5.75 Å². The summed E-state index contributed by atoms with van der Waals surface area (Å²) < 4.78 is 8.75. The van der Waals surface area contributed by atoms with Crippen LogP contribution in [0.25, 0.3) is 10.2 Å². The molecule has 0 aliphatic carbocycles. The molecule has 0 fully saturated rings. The summed E-state index contributed by atoms with van der Waals surface area (Å²) in [5.41, 5.74) is 2.36. The summed E-state index contributed by atoms with van der Waals surface area (Å²) in [6.07, 6.45) is 3.05. The molecule has 134 valence electrons. The largest absolute Gasteiger partial charge is 0.493 e. The number of hydrogen-bond donors (Lipinski definition) is 0. The van der Waals surface area contributed by atoms with Crippen molar-refractivity contribution in [3.05, 3.63) is 71.6 Å². The van der Waals surface area contributed by atoms with Crippen LogP contribution in [0.5, 0.6) is 5.75 Å². The maximum absolute atomic E-state index is 12.3. The van der Waals surface area contributed by atoms with Gasteiger partial charge in [-0.15, -0.1) is 6.58 Å². The first-order valence-corrected chi connectivity index (χ1v) is 9.51. The third kappa shape index (κ3) is 4.29. The van der Waals surface area contributed by atoms with Gasteiger partial charge in [0.15, 0.2) is 4.80 Å². The Morgan fingerprint density at radius 1 is 1.27 bits per heavy atom. The van der Waals surface area contributed by atoms with Crippen molar-refractivity contribution in [1.29, 1.82) is 0 Å². The predicted octanol–water partition coefficient (Wildman–Crippen LogP) is 4.35. The molecular formula is C21H22N2O2S. The Labute approximate surface area is 157 Å².